The second kappa shape index (κ2) is 8.40. The maximum absolute atomic E-state index is 5.73. The van der Waals surface area contributed by atoms with Crippen molar-refractivity contribution in [2.24, 2.45) is 5.92 Å². The minimum atomic E-state index is 0.591. The summed E-state index contributed by atoms with van der Waals surface area (Å²) in [6, 6.07) is 11.4. The van der Waals surface area contributed by atoms with Gasteiger partial charge in [0.15, 0.2) is 0 Å². The highest BCUT2D eigenvalue weighted by atomic mass is 16.5. The molecule has 0 aliphatic carbocycles. The van der Waals surface area contributed by atoms with E-state index >= 15 is 0 Å². The predicted octanol–water partition coefficient (Wildman–Crippen LogP) is 2.18. The van der Waals surface area contributed by atoms with Gasteiger partial charge in [-0.3, -0.25) is 4.90 Å². The van der Waals surface area contributed by atoms with E-state index in [2.05, 4.69) is 54.4 Å². The average molecular weight is 276 g/mol. The fourth-order valence-corrected chi connectivity index (χ4v) is 2.69. The summed E-state index contributed by atoms with van der Waals surface area (Å²) in [6.45, 7) is 10.5. The van der Waals surface area contributed by atoms with Crippen molar-refractivity contribution in [2.45, 2.75) is 26.3 Å². The van der Waals surface area contributed by atoms with E-state index in [1.54, 1.807) is 0 Å². The van der Waals surface area contributed by atoms with Crippen molar-refractivity contribution < 1.29 is 4.74 Å². The third-order valence-corrected chi connectivity index (χ3v) is 3.76. The number of hydrogen-bond donors (Lipinski definition) is 1. The second-order valence-corrected chi connectivity index (χ2v) is 6.05. The third kappa shape index (κ3) is 5.23. The van der Waals surface area contributed by atoms with Crippen LogP contribution in [0.1, 0.15) is 19.4 Å². The Balaban J connectivity index is 1.79. The normalized spacial score (nSPS) is 20.4. The number of ether oxygens (including phenoxy) is 1. The van der Waals surface area contributed by atoms with Crippen LogP contribution in [0.15, 0.2) is 30.3 Å². The molecule has 1 unspecified atom stereocenters. The Morgan fingerprint density at radius 3 is 2.85 bits per heavy atom. The molecule has 1 atom stereocenters. The maximum Gasteiger partial charge on any atom is 0.0593 e. The van der Waals surface area contributed by atoms with Gasteiger partial charge in [-0.15, -0.1) is 0 Å². The first-order valence-corrected chi connectivity index (χ1v) is 7.82. The van der Waals surface area contributed by atoms with Crippen molar-refractivity contribution in [3.63, 3.8) is 0 Å². The minimum absolute atomic E-state index is 0.591. The predicted molar refractivity (Wildman–Crippen MR) is 84.0 cm³/mol. The van der Waals surface area contributed by atoms with Crippen LogP contribution in [0, 0.1) is 5.92 Å². The Kier molecular flexibility index (Phi) is 6.51. The standard InChI is InChI=1S/C17H28N2O/c1-15(2)14-20-11-10-19-9-8-18-13-17(19)12-16-6-4-3-5-7-16/h3-7,15,17-18H,8-14H2,1-2H3. The lowest BCUT2D eigenvalue weighted by atomic mass is 10.0. The molecule has 1 aliphatic heterocycles. The number of rotatable bonds is 7. The van der Waals surface area contributed by atoms with Crippen molar-refractivity contribution in [2.75, 3.05) is 39.4 Å². The van der Waals surface area contributed by atoms with E-state index in [-0.39, 0.29) is 0 Å². The quantitative estimate of drug-likeness (QED) is 0.773. The first kappa shape index (κ1) is 15.5. The lowest BCUT2D eigenvalue weighted by Crippen LogP contribution is -2.53. The summed E-state index contributed by atoms with van der Waals surface area (Å²) in [7, 11) is 0. The molecule has 0 aromatic heterocycles. The molecule has 20 heavy (non-hydrogen) atoms. The molecule has 1 aliphatic rings. The summed E-state index contributed by atoms with van der Waals surface area (Å²) < 4.78 is 5.73. The fourth-order valence-electron chi connectivity index (χ4n) is 2.69. The number of benzene rings is 1. The first-order valence-electron chi connectivity index (χ1n) is 7.82. The highest BCUT2D eigenvalue weighted by Gasteiger charge is 2.21. The number of nitrogens with one attached hydrogen (secondary N) is 1. The van der Waals surface area contributed by atoms with E-state index in [9.17, 15) is 0 Å². The molecule has 3 heteroatoms. The molecular formula is C17H28N2O. The molecule has 3 nitrogen and oxygen atoms in total. The molecule has 0 spiro atoms. The van der Waals surface area contributed by atoms with Crippen molar-refractivity contribution in [1.29, 1.82) is 0 Å². The Morgan fingerprint density at radius 1 is 1.30 bits per heavy atom. The van der Waals surface area contributed by atoms with E-state index in [1.807, 2.05) is 0 Å². The van der Waals surface area contributed by atoms with Crippen LogP contribution in [-0.4, -0.2) is 50.3 Å². The summed E-state index contributed by atoms with van der Waals surface area (Å²) in [6.07, 6.45) is 1.12. The number of hydrogen-bond acceptors (Lipinski definition) is 3. The lowest BCUT2D eigenvalue weighted by Gasteiger charge is -2.36. The average Bonchev–Trinajstić information content (AvgIpc) is 2.46. The summed E-state index contributed by atoms with van der Waals surface area (Å²) in [5.74, 6) is 0.623. The highest BCUT2D eigenvalue weighted by molar-refractivity contribution is 5.16. The van der Waals surface area contributed by atoms with Gasteiger partial charge < -0.3 is 10.1 Å². The molecule has 1 aromatic rings. The second-order valence-electron chi connectivity index (χ2n) is 6.05. The van der Waals surface area contributed by atoms with Crippen molar-refractivity contribution in [3.05, 3.63) is 35.9 Å². The highest BCUT2D eigenvalue weighted by Crippen LogP contribution is 2.11. The Morgan fingerprint density at radius 2 is 2.10 bits per heavy atom. The molecule has 112 valence electrons. The molecular weight excluding hydrogens is 248 g/mol. The minimum Gasteiger partial charge on any atom is -0.380 e. The first-order chi connectivity index (χ1) is 9.75. The molecule has 0 saturated carbocycles. The number of nitrogens with zero attached hydrogens (tertiary/aromatic N) is 1. The largest absolute Gasteiger partial charge is 0.380 e. The molecule has 1 saturated heterocycles. The summed E-state index contributed by atoms with van der Waals surface area (Å²) >= 11 is 0. The SMILES string of the molecule is CC(C)COCCN1CCNCC1Cc1ccccc1. The summed E-state index contributed by atoms with van der Waals surface area (Å²) in [4.78, 5) is 2.57. The van der Waals surface area contributed by atoms with Gasteiger partial charge in [0.25, 0.3) is 0 Å². The molecule has 2 rings (SSSR count). The van der Waals surface area contributed by atoms with Crippen molar-refractivity contribution in [3.8, 4) is 0 Å². The van der Waals surface area contributed by atoms with Gasteiger partial charge in [0.1, 0.15) is 0 Å². The van der Waals surface area contributed by atoms with Gasteiger partial charge in [-0.25, -0.2) is 0 Å². The molecule has 0 bridgehead atoms. The smallest absolute Gasteiger partial charge is 0.0593 e. The van der Waals surface area contributed by atoms with Gasteiger partial charge in [0, 0.05) is 38.8 Å². The molecule has 1 N–H and O–H groups in total. The van der Waals surface area contributed by atoms with E-state index in [4.69, 9.17) is 4.74 Å². The molecule has 1 fully saturated rings. The summed E-state index contributed by atoms with van der Waals surface area (Å²) in [5.41, 5.74) is 1.43. The third-order valence-electron chi connectivity index (χ3n) is 3.76. The Labute approximate surface area is 123 Å². The molecule has 0 amide bonds. The zero-order valence-electron chi connectivity index (χ0n) is 12.8. The van der Waals surface area contributed by atoms with E-state index in [1.165, 1.54) is 5.56 Å². The maximum atomic E-state index is 5.73. The Bertz CT molecular complexity index is 367. The van der Waals surface area contributed by atoms with Crippen LogP contribution in [-0.2, 0) is 11.2 Å². The lowest BCUT2D eigenvalue weighted by molar-refractivity contribution is 0.0642. The van der Waals surface area contributed by atoms with E-state index in [0.29, 0.717) is 12.0 Å². The molecule has 1 aromatic carbocycles. The van der Waals surface area contributed by atoms with Gasteiger partial charge in [-0.1, -0.05) is 44.2 Å². The van der Waals surface area contributed by atoms with Gasteiger partial charge >= 0.3 is 0 Å². The van der Waals surface area contributed by atoms with E-state index in [0.717, 1.165) is 45.8 Å². The van der Waals surface area contributed by atoms with Gasteiger partial charge in [-0.05, 0) is 17.9 Å². The molecule has 1 heterocycles. The monoisotopic (exact) mass is 276 g/mol. The van der Waals surface area contributed by atoms with Gasteiger partial charge in [0.2, 0.25) is 0 Å². The van der Waals surface area contributed by atoms with Crippen LogP contribution in [0.4, 0.5) is 0 Å². The van der Waals surface area contributed by atoms with Gasteiger partial charge in [-0.2, -0.15) is 0 Å². The van der Waals surface area contributed by atoms with Crippen LogP contribution in [0.2, 0.25) is 0 Å². The van der Waals surface area contributed by atoms with E-state index < -0.39 is 0 Å². The summed E-state index contributed by atoms with van der Waals surface area (Å²) in [5, 5.41) is 3.51. The van der Waals surface area contributed by atoms with Gasteiger partial charge in [0.05, 0.1) is 6.61 Å². The zero-order valence-corrected chi connectivity index (χ0v) is 12.8. The van der Waals surface area contributed by atoms with Crippen LogP contribution in [0.25, 0.3) is 0 Å². The molecule has 0 radical (unpaired) electrons. The van der Waals surface area contributed by atoms with Crippen LogP contribution < -0.4 is 5.32 Å². The topological polar surface area (TPSA) is 24.5 Å². The number of piperazine rings is 1. The zero-order chi connectivity index (χ0) is 14.2. The van der Waals surface area contributed by atoms with Crippen molar-refractivity contribution >= 4 is 0 Å². The van der Waals surface area contributed by atoms with Crippen LogP contribution >= 0.6 is 0 Å². The van der Waals surface area contributed by atoms with Crippen LogP contribution in [0.3, 0.4) is 0 Å². The Hall–Kier alpha value is -0.900. The van der Waals surface area contributed by atoms with Crippen molar-refractivity contribution in [1.82, 2.24) is 10.2 Å². The van der Waals surface area contributed by atoms with Crippen LogP contribution in [0.5, 0.6) is 0 Å². The fraction of sp³-hybridized carbons (Fsp3) is 0.647.